The highest BCUT2D eigenvalue weighted by Crippen LogP contribution is 2.53. The van der Waals surface area contributed by atoms with E-state index >= 15 is 0 Å². The molecule has 33 heavy (non-hydrogen) atoms. The number of benzene rings is 2. The highest BCUT2D eigenvalue weighted by molar-refractivity contribution is 6.29. The number of nitrogens with one attached hydrogen (secondary N) is 1. The van der Waals surface area contributed by atoms with Gasteiger partial charge in [0, 0.05) is 22.2 Å². The van der Waals surface area contributed by atoms with E-state index in [1.54, 1.807) is 6.07 Å². The van der Waals surface area contributed by atoms with Gasteiger partial charge >= 0.3 is 18.0 Å². The van der Waals surface area contributed by atoms with Crippen LogP contribution in [-0.2, 0) is 12.1 Å². The summed E-state index contributed by atoms with van der Waals surface area (Å²) in [6.07, 6.45) is -12.5. The van der Waals surface area contributed by atoms with Crippen molar-refractivity contribution in [3.63, 3.8) is 0 Å². The molecular weight excluding hydrogens is 477 g/mol. The van der Waals surface area contributed by atoms with E-state index in [-0.39, 0.29) is 34.0 Å². The Labute approximate surface area is 188 Å². The van der Waals surface area contributed by atoms with Gasteiger partial charge in [-0.25, -0.2) is 9.37 Å². The van der Waals surface area contributed by atoms with Gasteiger partial charge in [-0.1, -0.05) is 24.6 Å². The molecule has 3 rings (SSSR count). The van der Waals surface area contributed by atoms with Crippen molar-refractivity contribution >= 4 is 34.1 Å². The Morgan fingerprint density at radius 2 is 1.61 bits per heavy atom. The largest absolute Gasteiger partial charge is 0.435 e. The zero-order chi connectivity index (χ0) is 24.8. The number of alkyl halides is 7. The molecule has 0 atom stereocenters. The van der Waals surface area contributed by atoms with Crippen LogP contribution in [0.4, 0.5) is 36.4 Å². The first-order valence-electron chi connectivity index (χ1n) is 9.53. The molecule has 0 bridgehead atoms. The second-order valence-corrected chi connectivity index (χ2v) is 7.72. The SMILES string of the molecule is CCc1cc(C(F)(C(F)(F)F)C(F)(F)F)cc(C)c1NC(=O)c1ccc2nc(Cl)ccc2c1. The molecule has 0 saturated carbocycles. The predicted molar refractivity (Wildman–Crippen MR) is 110 cm³/mol. The van der Waals surface area contributed by atoms with Crippen LogP contribution < -0.4 is 5.32 Å². The summed E-state index contributed by atoms with van der Waals surface area (Å²) < 4.78 is 93.5. The number of pyridine rings is 1. The third kappa shape index (κ3) is 4.48. The molecule has 0 spiro atoms. The number of amides is 1. The molecule has 1 heterocycles. The van der Waals surface area contributed by atoms with Gasteiger partial charge in [0.15, 0.2) is 0 Å². The maximum atomic E-state index is 14.5. The van der Waals surface area contributed by atoms with Gasteiger partial charge in [-0.15, -0.1) is 0 Å². The van der Waals surface area contributed by atoms with E-state index in [9.17, 15) is 35.5 Å². The number of aromatic nitrogens is 1. The summed E-state index contributed by atoms with van der Waals surface area (Å²) in [6.45, 7) is 2.65. The van der Waals surface area contributed by atoms with Crippen LogP contribution in [0.5, 0.6) is 0 Å². The van der Waals surface area contributed by atoms with Gasteiger partial charge in [0.05, 0.1) is 5.52 Å². The summed E-state index contributed by atoms with van der Waals surface area (Å²) in [6, 6.07) is 8.57. The lowest BCUT2D eigenvalue weighted by Gasteiger charge is -2.31. The highest BCUT2D eigenvalue weighted by Gasteiger charge is 2.73. The summed E-state index contributed by atoms with van der Waals surface area (Å²) in [5.41, 5.74) is -6.68. The van der Waals surface area contributed by atoms with Gasteiger partial charge in [-0.2, -0.15) is 26.3 Å². The zero-order valence-corrected chi connectivity index (χ0v) is 17.9. The molecule has 0 aliphatic carbocycles. The van der Waals surface area contributed by atoms with Gasteiger partial charge in [0.2, 0.25) is 0 Å². The van der Waals surface area contributed by atoms with Crippen molar-refractivity contribution in [1.82, 2.24) is 4.98 Å². The van der Waals surface area contributed by atoms with Crippen molar-refractivity contribution in [1.29, 1.82) is 0 Å². The molecule has 176 valence electrons. The topological polar surface area (TPSA) is 42.0 Å². The van der Waals surface area contributed by atoms with E-state index in [0.29, 0.717) is 23.0 Å². The van der Waals surface area contributed by atoms with E-state index < -0.39 is 29.5 Å². The summed E-state index contributed by atoms with van der Waals surface area (Å²) in [5.74, 6) is -0.657. The maximum absolute atomic E-state index is 14.5. The lowest BCUT2D eigenvalue weighted by atomic mass is 9.89. The van der Waals surface area contributed by atoms with Crippen molar-refractivity contribution in [2.45, 2.75) is 38.3 Å². The van der Waals surface area contributed by atoms with Crippen LogP contribution in [0.3, 0.4) is 0 Å². The number of anilines is 1. The average Bonchev–Trinajstić information content (AvgIpc) is 2.72. The fourth-order valence-electron chi connectivity index (χ4n) is 3.43. The van der Waals surface area contributed by atoms with E-state index in [4.69, 9.17) is 11.6 Å². The van der Waals surface area contributed by atoms with Crippen LogP contribution in [0.2, 0.25) is 5.15 Å². The number of halogens is 8. The van der Waals surface area contributed by atoms with Crippen molar-refractivity contribution < 1.29 is 35.5 Å². The minimum Gasteiger partial charge on any atom is -0.321 e. The van der Waals surface area contributed by atoms with Crippen LogP contribution in [-0.4, -0.2) is 23.2 Å². The number of carbonyl (C=O) groups is 1. The minimum absolute atomic E-state index is 0.00674. The minimum atomic E-state index is -6.23. The number of nitrogens with zero attached hydrogens (tertiary/aromatic N) is 1. The number of carbonyl (C=O) groups excluding carboxylic acids is 1. The first-order valence-corrected chi connectivity index (χ1v) is 9.91. The summed E-state index contributed by atoms with van der Waals surface area (Å²) in [4.78, 5) is 16.8. The number of hydrogen-bond acceptors (Lipinski definition) is 2. The van der Waals surface area contributed by atoms with Gasteiger partial charge < -0.3 is 5.32 Å². The maximum Gasteiger partial charge on any atom is 0.435 e. The Hall–Kier alpha value is -2.88. The number of hydrogen-bond donors (Lipinski definition) is 1. The summed E-state index contributed by atoms with van der Waals surface area (Å²) in [5, 5.41) is 3.35. The Balaban J connectivity index is 2.03. The monoisotopic (exact) mass is 492 g/mol. The average molecular weight is 493 g/mol. The number of fused-ring (bicyclic) bond motifs is 1. The summed E-state index contributed by atoms with van der Waals surface area (Å²) >= 11 is 5.82. The van der Waals surface area contributed by atoms with Crippen LogP contribution >= 0.6 is 11.6 Å². The Morgan fingerprint density at radius 3 is 2.18 bits per heavy atom. The normalized spacial score (nSPS) is 12.8. The molecule has 0 aliphatic rings. The summed E-state index contributed by atoms with van der Waals surface area (Å²) in [7, 11) is 0. The molecular formula is C22H16ClF7N2O. The predicted octanol–water partition coefficient (Wildman–Crippen LogP) is 7.30. The third-order valence-electron chi connectivity index (χ3n) is 5.13. The molecule has 2 aromatic carbocycles. The fourth-order valence-corrected chi connectivity index (χ4v) is 3.59. The second-order valence-electron chi connectivity index (χ2n) is 7.33. The standard InChI is InChI=1S/C22H16ClF7N2O/c1-3-12-10-15(20(24,21(25,26)27)22(28,29)30)8-11(2)18(12)32-19(33)14-4-6-16-13(9-14)5-7-17(23)31-16/h4-10H,3H2,1-2H3,(H,32,33). The second kappa shape index (κ2) is 8.48. The molecule has 1 aromatic heterocycles. The van der Waals surface area contributed by atoms with Crippen molar-refractivity contribution in [2.24, 2.45) is 0 Å². The molecule has 0 radical (unpaired) electrons. The van der Waals surface area contributed by atoms with Gasteiger partial charge in [0.25, 0.3) is 5.91 Å². The molecule has 11 heteroatoms. The molecule has 0 fully saturated rings. The highest BCUT2D eigenvalue weighted by atomic mass is 35.5. The van der Waals surface area contributed by atoms with Crippen LogP contribution in [0.1, 0.15) is 34.0 Å². The third-order valence-corrected chi connectivity index (χ3v) is 5.34. The molecule has 3 aromatic rings. The van der Waals surface area contributed by atoms with Gasteiger partial charge in [-0.3, -0.25) is 4.79 Å². The molecule has 1 N–H and O–H groups in total. The van der Waals surface area contributed by atoms with Crippen molar-refractivity contribution in [3.8, 4) is 0 Å². The van der Waals surface area contributed by atoms with Crippen molar-refractivity contribution in [3.05, 3.63) is 69.9 Å². The smallest absolute Gasteiger partial charge is 0.321 e. The Bertz CT molecular complexity index is 1210. The zero-order valence-electron chi connectivity index (χ0n) is 17.1. The lowest BCUT2D eigenvalue weighted by Crippen LogP contribution is -2.50. The number of rotatable bonds is 4. The molecule has 1 amide bonds. The first kappa shape index (κ1) is 24.8. The van der Waals surface area contributed by atoms with Crippen LogP contribution in [0.25, 0.3) is 10.9 Å². The molecule has 3 nitrogen and oxygen atoms in total. The van der Waals surface area contributed by atoms with Crippen molar-refractivity contribution in [2.75, 3.05) is 5.32 Å². The number of aryl methyl sites for hydroxylation is 2. The molecule has 0 aliphatic heterocycles. The lowest BCUT2D eigenvalue weighted by molar-refractivity contribution is -0.348. The Morgan fingerprint density at radius 1 is 0.970 bits per heavy atom. The van der Waals surface area contributed by atoms with Crippen LogP contribution in [0, 0.1) is 6.92 Å². The van der Waals surface area contributed by atoms with Gasteiger partial charge in [0.1, 0.15) is 5.15 Å². The van der Waals surface area contributed by atoms with Crippen LogP contribution in [0.15, 0.2) is 42.5 Å². The fraction of sp³-hybridized carbons (Fsp3) is 0.273. The van der Waals surface area contributed by atoms with E-state index in [1.165, 1.54) is 38.1 Å². The Kier molecular flexibility index (Phi) is 6.36. The molecule has 0 saturated heterocycles. The van der Waals surface area contributed by atoms with E-state index in [2.05, 4.69) is 10.3 Å². The van der Waals surface area contributed by atoms with E-state index in [0.717, 1.165) is 0 Å². The quantitative estimate of drug-likeness (QED) is 0.307. The molecule has 0 unspecified atom stereocenters. The van der Waals surface area contributed by atoms with Gasteiger partial charge in [-0.05, 0) is 60.9 Å². The first-order chi connectivity index (χ1) is 15.2. The van der Waals surface area contributed by atoms with E-state index in [1.807, 2.05) is 0 Å².